The van der Waals surface area contributed by atoms with Gasteiger partial charge in [-0.1, -0.05) is 19.9 Å². The molecule has 1 atom stereocenters. The van der Waals surface area contributed by atoms with Gasteiger partial charge in [0.2, 0.25) is 0 Å². The standard InChI is InChI=1S/C11H17NOS/c1-7(2)9(6-13)8-3-4-10(12)11(14)5-8/h3-5,7,9,13-14H,6,12H2,1-2H3. The maximum atomic E-state index is 9.25. The highest BCUT2D eigenvalue weighted by atomic mass is 32.1. The zero-order valence-electron chi connectivity index (χ0n) is 8.57. The van der Waals surface area contributed by atoms with Gasteiger partial charge in [0.1, 0.15) is 0 Å². The molecule has 14 heavy (non-hydrogen) atoms. The van der Waals surface area contributed by atoms with Crippen LogP contribution in [0.25, 0.3) is 0 Å². The van der Waals surface area contributed by atoms with E-state index in [9.17, 15) is 5.11 Å². The van der Waals surface area contributed by atoms with Crippen molar-refractivity contribution in [3.8, 4) is 0 Å². The van der Waals surface area contributed by atoms with E-state index in [0.29, 0.717) is 11.6 Å². The van der Waals surface area contributed by atoms with Crippen LogP contribution in [0.4, 0.5) is 5.69 Å². The first kappa shape index (κ1) is 11.4. The quantitative estimate of drug-likeness (QED) is 0.530. The molecule has 0 aliphatic heterocycles. The average molecular weight is 211 g/mol. The van der Waals surface area contributed by atoms with E-state index in [2.05, 4.69) is 26.5 Å². The Labute approximate surface area is 90.5 Å². The Kier molecular flexibility index (Phi) is 3.84. The fourth-order valence-electron chi connectivity index (χ4n) is 1.49. The largest absolute Gasteiger partial charge is 0.398 e. The SMILES string of the molecule is CC(C)C(CO)c1ccc(N)c(S)c1. The number of hydrogen-bond donors (Lipinski definition) is 3. The molecule has 0 amide bonds. The van der Waals surface area contributed by atoms with E-state index in [0.717, 1.165) is 10.5 Å². The van der Waals surface area contributed by atoms with E-state index in [4.69, 9.17) is 5.73 Å². The van der Waals surface area contributed by atoms with Crippen molar-refractivity contribution in [2.24, 2.45) is 5.92 Å². The lowest BCUT2D eigenvalue weighted by molar-refractivity contribution is 0.237. The van der Waals surface area contributed by atoms with Gasteiger partial charge in [-0.2, -0.15) is 0 Å². The molecule has 0 spiro atoms. The van der Waals surface area contributed by atoms with Crippen LogP contribution in [-0.2, 0) is 0 Å². The lowest BCUT2D eigenvalue weighted by Crippen LogP contribution is -2.11. The number of hydrogen-bond acceptors (Lipinski definition) is 3. The molecule has 3 heteroatoms. The average Bonchev–Trinajstić information content (AvgIpc) is 2.11. The molecule has 1 aromatic rings. The first-order chi connectivity index (χ1) is 6.56. The minimum Gasteiger partial charge on any atom is -0.398 e. The second kappa shape index (κ2) is 4.71. The highest BCUT2D eigenvalue weighted by molar-refractivity contribution is 7.80. The molecule has 0 heterocycles. The molecular weight excluding hydrogens is 194 g/mol. The van der Waals surface area contributed by atoms with Gasteiger partial charge in [-0.15, -0.1) is 12.6 Å². The smallest absolute Gasteiger partial charge is 0.0502 e. The van der Waals surface area contributed by atoms with Crippen LogP contribution < -0.4 is 5.73 Å². The number of thiol groups is 1. The van der Waals surface area contributed by atoms with Crippen LogP contribution in [0, 0.1) is 5.92 Å². The summed E-state index contributed by atoms with van der Waals surface area (Å²) in [6.45, 7) is 4.35. The Hall–Kier alpha value is -0.670. The third kappa shape index (κ3) is 2.42. The summed E-state index contributed by atoms with van der Waals surface area (Å²) in [4.78, 5) is 0.779. The van der Waals surface area contributed by atoms with E-state index in [1.165, 1.54) is 0 Å². The molecule has 0 saturated heterocycles. The molecule has 1 unspecified atom stereocenters. The van der Waals surface area contributed by atoms with Gasteiger partial charge >= 0.3 is 0 Å². The van der Waals surface area contributed by atoms with Crippen LogP contribution >= 0.6 is 12.6 Å². The van der Waals surface area contributed by atoms with E-state index >= 15 is 0 Å². The van der Waals surface area contributed by atoms with Crippen LogP contribution in [0.3, 0.4) is 0 Å². The maximum Gasteiger partial charge on any atom is 0.0502 e. The Morgan fingerprint density at radius 2 is 2.07 bits per heavy atom. The predicted octanol–water partition coefficient (Wildman–Crippen LogP) is 2.29. The second-order valence-electron chi connectivity index (χ2n) is 3.85. The summed E-state index contributed by atoms with van der Waals surface area (Å²) in [6, 6.07) is 5.72. The fraction of sp³-hybridized carbons (Fsp3) is 0.455. The third-order valence-electron chi connectivity index (χ3n) is 2.48. The minimum absolute atomic E-state index is 0.162. The van der Waals surface area contributed by atoms with Crippen LogP contribution in [0.5, 0.6) is 0 Å². The number of nitrogen functional groups attached to an aromatic ring is 1. The summed E-state index contributed by atoms with van der Waals surface area (Å²) in [7, 11) is 0. The van der Waals surface area contributed by atoms with E-state index in [1.54, 1.807) is 0 Å². The second-order valence-corrected chi connectivity index (χ2v) is 4.33. The van der Waals surface area contributed by atoms with Gasteiger partial charge in [0.25, 0.3) is 0 Å². The van der Waals surface area contributed by atoms with Crippen molar-refractivity contribution in [3.63, 3.8) is 0 Å². The number of rotatable bonds is 3. The number of nitrogens with two attached hydrogens (primary N) is 1. The van der Waals surface area contributed by atoms with Crippen LogP contribution in [0.1, 0.15) is 25.3 Å². The van der Waals surface area contributed by atoms with Crippen molar-refractivity contribution in [3.05, 3.63) is 23.8 Å². The van der Waals surface area contributed by atoms with Crippen LogP contribution in [-0.4, -0.2) is 11.7 Å². The van der Waals surface area contributed by atoms with Gasteiger partial charge < -0.3 is 10.8 Å². The molecule has 0 saturated carbocycles. The molecule has 0 aliphatic carbocycles. The monoisotopic (exact) mass is 211 g/mol. The highest BCUT2D eigenvalue weighted by Gasteiger charge is 2.15. The number of aliphatic hydroxyl groups is 1. The predicted molar refractivity (Wildman–Crippen MR) is 62.8 cm³/mol. The van der Waals surface area contributed by atoms with Gasteiger partial charge in [-0.25, -0.2) is 0 Å². The first-order valence-electron chi connectivity index (χ1n) is 4.75. The van der Waals surface area contributed by atoms with Gasteiger partial charge in [0, 0.05) is 16.5 Å². The van der Waals surface area contributed by atoms with Crippen molar-refractivity contribution >= 4 is 18.3 Å². The van der Waals surface area contributed by atoms with Gasteiger partial charge in [0.05, 0.1) is 6.61 Å². The van der Waals surface area contributed by atoms with Crippen LogP contribution in [0.2, 0.25) is 0 Å². The Morgan fingerprint density at radius 1 is 1.43 bits per heavy atom. The Balaban J connectivity index is 3.00. The van der Waals surface area contributed by atoms with Gasteiger partial charge in [-0.05, 0) is 23.6 Å². The highest BCUT2D eigenvalue weighted by Crippen LogP contribution is 2.27. The summed E-state index contributed by atoms with van der Waals surface area (Å²) >= 11 is 4.26. The van der Waals surface area contributed by atoms with Crippen molar-refractivity contribution in [1.82, 2.24) is 0 Å². The third-order valence-corrected chi connectivity index (χ3v) is 2.87. The Bertz CT molecular complexity index is 312. The van der Waals surface area contributed by atoms with E-state index in [-0.39, 0.29) is 12.5 Å². The number of anilines is 1. The summed E-state index contributed by atoms with van der Waals surface area (Å²) in [5.74, 6) is 0.581. The fourth-order valence-corrected chi connectivity index (χ4v) is 1.72. The lowest BCUT2D eigenvalue weighted by Gasteiger charge is -2.19. The van der Waals surface area contributed by atoms with Gasteiger partial charge in [0.15, 0.2) is 0 Å². The molecule has 3 N–H and O–H groups in total. The minimum atomic E-state index is 0.162. The summed E-state index contributed by atoms with van der Waals surface area (Å²) in [6.07, 6.45) is 0. The van der Waals surface area contributed by atoms with Crippen molar-refractivity contribution in [2.45, 2.75) is 24.7 Å². The molecule has 0 bridgehead atoms. The van der Waals surface area contributed by atoms with Crippen molar-refractivity contribution in [1.29, 1.82) is 0 Å². The van der Waals surface area contributed by atoms with Crippen molar-refractivity contribution in [2.75, 3.05) is 12.3 Å². The topological polar surface area (TPSA) is 46.2 Å². The molecule has 1 rings (SSSR count). The molecule has 0 fully saturated rings. The number of benzene rings is 1. The normalized spacial score (nSPS) is 13.2. The number of aliphatic hydroxyl groups excluding tert-OH is 1. The summed E-state index contributed by atoms with van der Waals surface area (Å²) in [5.41, 5.74) is 7.44. The molecular formula is C11H17NOS. The summed E-state index contributed by atoms with van der Waals surface area (Å²) in [5, 5.41) is 9.25. The van der Waals surface area contributed by atoms with Crippen LogP contribution in [0.15, 0.2) is 23.1 Å². The van der Waals surface area contributed by atoms with Gasteiger partial charge in [-0.3, -0.25) is 0 Å². The molecule has 0 radical (unpaired) electrons. The zero-order chi connectivity index (χ0) is 10.7. The molecule has 78 valence electrons. The maximum absolute atomic E-state index is 9.25. The molecule has 0 aromatic heterocycles. The first-order valence-corrected chi connectivity index (χ1v) is 5.20. The molecule has 1 aromatic carbocycles. The lowest BCUT2D eigenvalue weighted by atomic mass is 9.89. The summed E-state index contributed by atoms with van der Waals surface area (Å²) < 4.78 is 0. The van der Waals surface area contributed by atoms with E-state index < -0.39 is 0 Å². The Morgan fingerprint density at radius 3 is 2.50 bits per heavy atom. The zero-order valence-corrected chi connectivity index (χ0v) is 9.46. The van der Waals surface area contributed by atoms with E-state index in [1.807, 2.05) is 18.2 Å². The molecule has 0 aliphatic rings. The van der Waals surface area contributed by atoms with Crippen molar-refractivity contribution < 1.29 is 5.11 Å². The molecule has 2 nitrogen and oxygen atoms in total.